The van der Waals surface area contributed by atoms with E-state index in [9.17, 15) is 22.8 Å². The van der Waals surface area contributed by atoms with Crippen molar-refractivity contribution in [3.8, 4) is 6.07 Å². The Balaban J connectivity index is 1.76. The lowest BCUT2D eigenvalue weighted by Gasteiger charge is -2.39. The van der Waals surface area contributed by atoms with Crippen LogP contribution in [0.1, 0.15) is 49.4 Å². The van der Waals surface area contributed by atoms with Gasteiger partial charge in [0.15, 0.2) is 0 Å². The third kappa shape index (κ3) is 2.54. The maximum absolute atomic E-state index is 14.0. The average molecular weight is 401 g/mol. The Labute approximate surface area is 165 Å². The quantitative estimate of drug-likeness (QED) is 0.620. The number of hydrogen-bond acceptors (Lipinski definition) is 2. The van der Waals surface area contributed by atoms with Crippen LogP contribution in [-0.2, 0) is 0 Å². The van der Waals surface area contributed by atoms with Gasteiger partial charge in [-0.2, -0.15) is 18.4 Å². The van der Waals surface area contributed by atoms with E-state index in [1.54, 1.807) is 24.3 Å². The van der Waals surface area contributed by atoms with Crippen molar-refractivity contribution < 1.29 is 17.6 Å². The third-order valence-corrected chi connectivity index (χ3v) is 6.50. The van der Waals surface area contributed by atoms with Crippen LogP contribution in [0.3, 0.4) is 0 Å². The van der Waals surface area contributed by atoms with Gasteiger partial charge < -0.3 is 9.47 Å². The number of aromatic nitrogens is 1. The number of hydrogen-bond donors (Lipinski definition) is 0. The first-order valence-corrected chi connectivity index (χ1v) is 9.82. The predicted molar refractivity (Wildman–Crippen MR) is 101 cm³/mol. The molecule has 2 aliphatic carbocycles. The summed E-state index contributed by atoms with van der Waals surface area (Å²) in [5.74, 6) is -0.463. The van der Waals surface area contributed by atoms with E-state index in [1.807, 2.05) is 4.57 Å². The van der Waals surface area contributed by atoms with E-state index in [0.717, 1.165) is 19.3 Å². The van der Waals surface area contributed by atoms with E-state index in [-0.39, 0.29) is 31.0 Å². The highest BCUT2D eigenvalue weighted by atomic mass is 19.4. The van der Waals surface area contributed by atoms with Gasteiger partial charge in [-0.25, -0.2) is 4.39 Å². The van der Waals surface area contributed by atoms with Crippen molar-refractivity contribution in [1.82, 2.24) is 9.47 Å². The molecule has 2 fully saturated rings. The summed E-state index contributed by atoms with van der Waals surface area (Å²) in [5.41, 5.74) is -0.0477. The maximum atomic E-state index is 14.0. The van der Waals surface area contributed by atoms with Crippen molar-refractivity contribution in [1.29, 1.82) is 5.26 Å². The molecule has 150 valence electrons. The van der Waals surface area contributed by atoms with Crippen LogP contribution in [0.2, 0.25) is 0 Å². The molecule has 0 saturated heterocycles. The first kappa shape index (κ1) is 18.3. The van der Waals surface area contributed by atoms with Gasteiger partial charge in [-0.15, -0.1) is 0 Å². The van der Waals surface area contributed by atoms with Gasteiger partial charge in [-0.3, -0.25) is 0 Å². The Bertz CT molecular complexity index is 1090. The number of benzene rings is 1. The molecule has 5 rings (SSSR count). The van der Waals surface area contributed by atoms with Crippen LogP contribution in [-0.4, -0.2) is 27.7 Å². The minimum atomic E-state index is -4.36. The largest absolute Gasteiger partial charge is 0.411 e. The molecule has 1 aromatic heterocycles. The van der Waals surface area contributed by atoms with Gasteiger partial charge in [0, 0.05) is 18.0 Å². The zero-order valence-electron chi connectivity index (χ0n) is 15.6. The van der Waals surface area contributed by atoms with Crippen LogP contribution in [0.25, 0.3) is 16.6 Å². The lowest BCUT2D eigenvalue weighted by molar-refractivity contribution is -0.186. The van der Waals surface area contributed by atoms with Crippen molar-refractivity contribution in [2.75, 3.05) is 6.54 Å². The molecule has 0 bridgehead atoms. The van der Waals surface area contributed by atoms with Crippen LogP contribution in [0.5, 0.6) is 0 Å². The van der Waals surface area contributed by atoms with Gasteiger partial charge in [-0.1, -0.05) is 12.2 Å². The minimum Gasteiger partial charge on any atom is -0.352 e. The fourth-order valence-corrected chi connectivity index (χ4v) is 4.63. The Kier molecular flexibility index (Phi) is 3.86. The summed E-state index contributed by atoms with van der Waals surface area (Å²) < 4.78 is 57.7. The van der Waals surface area contributed by atoms with Crippen LogP contribution in [0, 0.1) is 17.1 Å². The molecule has 7 heteroatoms. The molecule has 0 amide bonds. The van der Waals surface area contributed by atoms with E-state index < -0.39 is 17.5 Å². The molecular weight excluding hydrogens is 382 g/mol. The average Bonchev–Trinajstić information content (AvgIpc) is 3.40. The van der Waals surface area contributed by atoms with Crippen LogP contribution in [0.4, 0.5) is 17.6 Å². The van der Waals surface area contributed by atoms with Gasteiger partial charge >= 0.3 is 6.18 Å². The normalized spacial score (nSPS) is 21.1. The zero-order valence-corrected chi connectivity index (χ0v) is 15.6. The molecule has 2 saturated carbocycles. The van der Waals surface area contributed by atoms with E-state index in [0.29, 0.717) is 22.3 Å². The molecule has 2 heterocycles. The van der Waals surface area contributed by atoms with E-state index in [1.165, 1.54) is 17.0 Å². The molecule has 0 radical (unpaired) electrons. The van der Waals surface area contributed by atoms with Gasteiger partial charge in [0.1, 0.15) is 17.4 Å². The fourth-order valence-electron chi connectivity index (χ4n) is 4.63. The SMILES string of the molecule is N#Cc1c(C2=CC=CCN2C2(C(F)(F)F)CC2)n(C2CCC2)c2ccc(F)cc12. The van der Waals surface area contributed by atoms with Crippen molar-refractivity contribution in [2.24, 2.45) is 0 Å². The van der Waals surface area contributed by atoms with Crippen LogP contribution in [0.15, 0.2) is 36.4 Å². The highest BCUT2D eigenvalue weighted by Crippen LogP contribution is 2.57. The summed E-state index contributed by atoms with van der Waals surface area (Å²) in [6.45, 7) is 0.136. The van der Waals surface area contributed by atoms with Gasteiger partial charge in [0.2, 0.25) is 0 Å². The number of nitrogens with zero attached hydrogens (tertiary/aromatic N) is 3. The molecule has 1 aromatic carbocycles. The number of rotatable bonds is 3. The van der Waals surface area contributed by atoms with Crippen molar-refractivity contribution in [2.45, 2.75) is 49.9 Å². The molecule has 0 atom stereocenters. The number of alkyl halides is 3. The van der Waals surface area contributed by atoms with E-state index in [4.69, 9.17) is 0 Å². The highest BCUT2D eigenvalue weighted by molar-refractivity contribution is 5.93. The second-order valence-electron chi connectivity index (χ2n) is 8.07. The van der Waals surface area contributed by atoms with Gasteiger partial charge in [0.05, 0.1) is 22.5 Å². The standard InChI is InChI=1S/C22H19F4N3/c23-14-7-8-18-16(12-14)17(13-27)20(29(18)15-4-3-5-15)19-6-1-2-11-28(19)21(9-10-21)22(24,25)26/h1-2,6-8,12,15H,3-5,9-11H2. The second-order valence-corrected chi connectivity index (χ2v) is 8.07. The van der Waals surface area contributed by atoms with Crippen molar-refractivity contribution in [3.05, 3.63) is 53.5 Å². The molecule has 29 heavy (non-hydrogen) atoms. The van der Waals surface area contributed by atoms with Crippen LogP contribution >= 0.6 is 0 Å². The number of halogens is 4. The summed E-state index contributed by atoms with van der Waals surface area (Å²) >= 11 is 0. The summed E-state index contributed by atoms with van der Waals surface area (Å²) in [6.07, 6.45) is 3.66. The van der Waals surface area contributed by atoms with E-state index in [2.05, 4.69) is 6.07 Å². The third-order valence-electron chi connectivity index (χ3n) is 6.50. The molecule has 3 aliphatic rings. The Morgan fingerprint density at radius 2 is 1.93 bits per heavy atom. The fraction of sp³-hybridized carbons (Fsp3) is 0.409. The lowest BCUT2D eigenvalue weighted by Crippen LogP contribution is -2.48. The Hall–Kier alpha value is -2.75. The maximum Gasteiger partial charge on any atom is 0.411 e. The number of nitriles is 1. The van der Waals surface area contributed by atoms with Gasteiger partial charge in [-0.05, 0) is 56.4 Å². The first-order chi connectivity index (χ1) is 13.9. The topological polar surface area (TPSA) is 32.0 Å². The molecule has 3 nitrogen and oxygen atoms in total. The van der Waals surface area contributed by atoms with Gasteiger partial charge in [0.25, 0.3) is 0 Å². The molecule has 0 unspecified atom stereocenters. The Morgan fingerprint density at radius 3 is 2.52 bits per heavy atom. The Morgan fingerprint density at radius 1 is 1.17 bits per heavy atom. The summed E-state index contributed by atoms with van der Waals surface area (Å²) in [4.78, 5) is 1.40. The highest BCUT2D eigenvalue weighted by Gasteiger charge is 2.67. The summed E-state index contributed by atoms with van der Waals surface area (Å²) in [6, 6.07) is 6.55. The minimum absolute atomic E-state index is 0.0435. The molecule has 2 aromatic rings. The summed E-state index contributed by atoms with van der Waals surface area (Å²) in [7, 11) is 0. The number of fused-ring (bicyclic) bond motifs is 1. The molecule has 1 aliphatic heterocycles. The van der Waals surface area contributed by atoms with Crippen molar-refractivity contribution >= 4 is 16.6 Å². The van der Waals surface area contributed by atoms with Crippen molar-refractivity contribution in [3.63, 3.8) is 0 Å². The number of allylic oxidation sites excluding steroid dienone is 2. The molecule has 0 N–H and O–H groups in total. The molecular formula is C22H19F4N3. The zero-order chi connectivity index (χ0) is 20.4. The second kappa shape index (κ2) is 6.12. The first-order valence-electron chi connectivity index (χ1n) is 9.82. The smallest absolute Gasteiger partial charge is 0.352 e. The predicted octanol–water partition coefficient (Wildman–Crippen LogP) is 5.68. The monoisotopic (exact) mass is 401 g/mol. The summed E-state index contributed by atoms with van der Waals surface area (Å²) in [5, 5.41) is 10.4. The van der Waals surface area contributed by atoms with Crippen LogP contribution < -0.4 is 0 Å². The lowest BCUT2D eigenvalue weighted by atomic mass is 9.92. The molecule has 0 spiro atoms. The van der Waals surface area contributed by atoms with E-state index >= 15 is 0 Å².